The second-order valence-electron chi connectivity index (χ2n) is 3.82. The van der Waals surface area contributed by atoms with Crippen molar-refractivity contribution in [1.29, 1.82) is 0 Å². The van der Waals surface area contributed by atoms with Gasteiger partial charge in [-0.3, -0.25) is 0 Å². The Labute approximate surface area is 67.6 Å². The van der Waals surface area contributed by atoms with Gasteiger partial charge in [0.2, 0.25) is 0 Å². The van der Waals surface area contributed by atoms with Gasteiger partial charge in [0.05, 0.1) is 12.2 Å². The highest BCUT2D eigenvalue weighted by Crippen LogP contribution is 2.45. The van der Waals surface area contributed by atoms with Crippen LogP contribution in [0.5, 0.6) is 0 Å². The average molecular weight is 156 g/mol. The molecule has 2 fully saturated rings. The van der Waals surface area contributed by atoms with Crippen LogP contribution in [0.25, 0.3) is 0 Å². The van der Waals surface area contributed by atoms with Gasteiger partial charge in [-0.25, -0.2) is 0 Å². The summed E-state index contributed by atoms with van der Waals surface area (Å²) in [7, 11) is 1.79. The molecule has 2 aliphatic rings. The predicted octanol–water partition coefficient (Wildman–Crippen LogP) is 1.18. The van der Waals surface area contributed by atoms with Crippen molar-refractivity contribution in [1.82, 2.24) is 0 Å². The van der Waals surface area contributed by atoms with Gasteiger partial charge in [0.1, 0.15) is 0 Å². The summed E-state index contributed by atoms with van der Waals surface area (Å²) in [6.45, 7) is 0. The fraction of sp³-hybridized carbons (Fsp3) is 1.00. The quantitative estimate of drug-likeness (QED) is 0.617. The number of aliphatic hydroxyl groups excluding tert-OH is 1. The zero-order chi connectivity index (χ0) is 7.84. The van der Waals surface area contributed by atoms with Gasteiger partial charge in [-0.1, -0.05) is 0 Å². The van der Waals surface area contributed by atoms with Crippen LogP contribution in [0.3, 0.4) is 0 Å². The van der Waals surface area contributed by atoms with Crippen LogP contribution in [0.4, 0.5) is 0 Å². The van der Waals surface area contributed by atoms with Gasteiger partial charge in [-0.05, 0) is 37.5 Å². The van der Waals surface area contributed by atoms with E-state index in [0.29, 0.717) is 17.9 Å². The van der Waals surface area contributed by atoms with Crippen LogP contribution < -0.4 is 0 Å². The standard InChI is InChI=1S/C9H16O2/c1-11-9-5-3-6-7(9)2-4-8(6)10/h6-10H,2-5H2,1H3/t6-,7-,8?,9+/m0/s1. The molecular formula is C9H16O2. The first-order chi connectivity index (χ1) is 5.33. The zero-order valence-electron chi connectivity index (χ0n) is 6.99. The maximum atomic E-state index is 9.56. The predicted molar refractivity (Wildman–Crippen MR) is 42.3 cm³/mol. The molecular weight excluding hydrogens is 140 g/mol. The minimum Gasteiger partial charge on any atom is -0.393 e. The van der Waals surface area contributed by atoms with Crippen molar-refractivity contribution >= 4 is 0 Å². The van der Waals surface area contributed by atoms with E-state index in [-0.39, 0.29) is 6.10 Å². The number of aliphatic hydroxyl groups is 1. The molecule has 11 heavy (non-hydrogen) atoms. The lowest BCUT2D eigenvalue weighted by molar-refractivity contribution is 0.0586. The Balaban J connectivity index is 2.04. The highest BCUT2D eigenvalue weighted by molar-refractivity contribution is 4.94. The summed E-state index contributed by atoms with van der Waals surface area (Å²) < 4.78 is 5.36. The van der Waals surface area contributed by atoms with Crippen molar-refractivity contribution in [2.75, 3.05) is 7.11 Å². The summed E-state index contributed by atoms with van der Waals surface area (Å²) in [5, 5.41) is 9.56. The average Bonchev–Trinajstić information content (AvgIpc) is 2.53. The summed E-state index contributed by atoms with van der Waals surface area (Å²) in [4.78, 5) is 0. The molecule has 64 valence electrons. The van der Waals surface area contributed by atoms with Gasteiger partial charge < -0.3 is 9.84 Å². The number of ether oxygens (including phenoxy) is 1. The molecule has 0 aromatic carbocycles. The van der Waals surface area contributed by atoms with Gasteiger partial charge in [-0.15, -0.1) is 0 Å². The lowest BCUT2D eigenvalue weighted by Crippen LogP contribution is -2.20. The maximum Gasteiger partial charge on any atom is 0.0603 e. The monoisotopic (exact) mass is 156 g/mol. The van der Waals surface area contributed by atoms with E-state index in [4.69, 9.17) is 4.74 Å². The van der Waals surface area contributed by atoms with E-state index in [1.807, 2.05) is 0 Å². The maximum absolute atomic E-state index is 9.56. The molecule has 2 rings (SSSR count). The van der Waals surface area contributed by atoms with Crippen LogP contribution in [0.15, 0.2) is 0 Å². The van der Waals surface area contributed by atoms with Crippen LogP contribution in [0, 0.1) is 11.8 Å². The molecule has 2 heteroatoms. The van der Waals surface area contributed by atoms with Crippen molar-refractivity contribution < 1.29 is 9.84 Å². The fourth-order valence-corrected chi connectivity index (χ4v) is 2.81. The Hall–Kier alpha value is -0.0800. The number of hydrogen-bond donors (Lipinski definition) is 1. The third-order valence-corrected chi connectivity index (χ3v) is 3.40. The van der Waals surface area contributed by atoms with Crippen LogP contribution in [0.1, 0.15) is 25.7 Å². The molecule has 2 aliphatic carbocycles. The van der Waals surface area contributed by atoms with Crippen LogP contribution in [0.2, 0.25) is 0 Å². The van der Waals surface area contributed by atoms with E-state index in [9.17, 15) is 5.11 Å². The van der Waals surface area contributed by atoms with Crippen molar-refractivity contribution in [3.8, 4) is 0 Å². The molecule has 1 N–H and O–H groups in total. The number of fused-ring (bicyclic) bond motifs is 1. The second-order valence-corrected chi connectivity index (χ2v) is 3.82. The smallest absolute Gasteiger partial charge is 0.0603 e. The van der Waals surface area contributed by atoms with Gasteiger partial charge in [-0.2, -0.15) is 0 Å². The molecule has 0 saturated heterocycles. The van der Waals surface area contributed by atoms with E-state index in [0.717, 1.165) is 12.8 Å². The Morgan fingerprint density at radius 2 is 1.82 bits per heavy atom. The summed E-state index contributed by atoms with van der Waals surface area (Å²) in [5.41, 5.74) is 0. The highest BCUT2D eigenvalue weighted by atomic mass is 16.5. The third-order valence-electron chi connectivity index (χ3n) is 3.40. The van der Waals surface area contributed by atoms with Crippen molar-refractivity contribution in [2.45, 2.75) is 37.9 Å². The molecule has 0 aliphatic heterocycles. The minimum absolute atomic E-state index is 0.0276. The van der Waals surface area contributed by atoms with Crippen molar-refractivity contribution in [3.63, 3.8) is 0 Å². The Bertz CT molecular complexity index is 146. The molecule has 0 heterocycles. The molecule has 0 aromatic heterocycles. The molecule has 2 nitrogen and oxygen atoms in total. The normalized spacial score (nSPS) is 49.6. The number of rotatable bonds is 1. The number of methoxy groups -OCH3 is 1. The Morgan fingerprint density at radius 3 is 2.55 bits per heavy atom. The van der Waals surface area contributed by atoms with Gasteiger partial charge in [0.15, 0.2) is 0 Å². The minimum atomic E-state index is -0.0276. The van der Waals surface area contributed by atoms with Crippen molar-refractivity contribution in [3.05, 3.63) is 0 Å². The molecule has 4 atom stereocenters. The van der Waals surface area contributed by atoms with Gasteiger partial charge >= 0.3 is 0 Å². The van der Waals surface area contributed by atoms with E-state index >= 15 is 0 Å². The first kappa shape index (κ1) is 7.56. The first-order valence-corrected chi connectivity index (χ1v) is 4.54. The van der Waals surface area contributed by atoms with Crippen LogP contribution in [-0.4, -0.2) is 24.4 Å². The van der Waals surface area contributed by atoms with Crippen LogP contribution >= 0.6 is 0 Å². The SMILES string of the molecule is CO[C@@H]1CC[C@@H]2C(O)CC[C@@H]21. The highest BCUT2D eigenvalue weighted by Gasteiger charge is 2.44. The lowest BCUT2D eigenvalue weighted by Gasteiger charge is -2.16. The number of hydrogen-bond acceptors (Lipinski definition) is 2. The summed E-state index contributed by atoms with van der Waals surface area (Å²) in [6.07, 6.45) is 4.91. The summed E-state index contributed by atoms with van der Waals surface area (Å²) in [6, 6.07) is 0. The molecule has 0 aromatic rings. The lowest BCUT2D eigenvalue weighted by atomic mass is 9.98. The van der Waals surface area contributed by atoms with E-state index in [2.05, 4.69) is 0 Å². The molecule has 2 saturated carbocycles. The fourth-order valence-electron chi connectivity index (χ4n) is 2.81. The summed E-state index contributed by atoms with van der Waals surface area (Å²) >= 11 is 0. The van der Waals surface area contributed by atoms with Crippen LogP contribution in [-0.2, 0) is 4.74 Å². The first-order valence-electron chi connectivity index (χ1n) is 4.54. The third kappa shape index (κ3) is 1.09. The zero-order valence-corrected chi connectivity index (χ0v) is 6.99. The van der Waals surface area contributed by atoms with Crippen molar-refractivity contribution in [2.24, 2.45) is 11.8 Å². The van der Waals surface area contributed by atoms with Gasteiger partial charge in [0.25, 0.3) is 0 Å². The van der Waals surface area contributed by atoms with E-state index in [1.165, 1.54) is 12.8 Å². The Kier molecular flexibility index (Phi) is 1.90. The van der Waals surface area contributed by atoms with Gasteiger partial charge in [0, 0.05) is 7.11 Å². The summed E-state index contributed by atoms with van der Waals surface area (Å²) in [5.74, 6) is 1.22. The largest absolute Gasteiger partial charge is 0.393 e. The molecule has 0 radical (unpaired) electrons. The topological polar surface area (TPSA) is 29.5 Å². The Morgan fingerprint density at radius 1 is 1.09 bits per heavy atom. The van der Waals surface area contributed by atoms with E-state index in [1.54, 1.807) is 7.11 Å². The molecule has 0 spiro atoms. The second kappa shape index (κ2) is 2.76. The van der Waals surface area contributed by atoms with E-state index < -0.39 is 0 Å². The molecule has 0 amide bonds. The molecule has 1 unspecified atom stereocenters. The molecule has 0 bridgehead atoms.